The van der Waals surface area contributed by atoms with Crippen LogP contribution in [-0.2, 0) is 9.53 Å². The zero-order chi connectivity index (χ0) is 13.4. The Morgan fingerprint density at radius 2 is 2.44 bits per heavy atom. The van der Waals surface area contributed by atoms with Crippen molar-refractivity contribution < 1.29 is 14.6 Å². The highest BCUT2D eigenvalue weighted by Crippen LogP contribution is 2.16. The summed E-state index contributed by atoms with van der Waals surface area (Å²) in [5.41, 5.74) is 0. The lowest BCUT2D eigenvalue weighted by Crippen LogP contribution is -2.50. The van der Waals surface area contributed by atoms with Gasteiger partial charge in [-0.15, -0.1) is 11.8 Å². The van der Waals surface area contributed by atoms with Crippen LogP contribution in [0.4, 0.5) is 0 Å². The minimum absolute atomic E-state index is 0.0628. The molecular formula is C11H22N2O3S2. The minimum atomic E-state index is -1.07. The van der Waals surface area contributed by atoms with Crippen LogP contribution in [0.1, 0.15) is 13.3 Å². The number of nitrogens with one attached hydrogen (secondary N) is 1. The summed E-state index contributed by atoms with van der Waals surface area (Å²) >= 11 is 3.45. The molecular weight excluding hydrogens is 272 g/mol. The highest BCUT2D eigenvalue weighted by Gasteiger charge is 2.27. The van der Waals surface area contributed by atoms with Gasteiger partial charge >= 0.3 is 0 Å². The van der Waals surface area contributed by atoms with Gasteiger partial charge in [0.1, 0.15) is 0 Å². The number of hydrogen-bond acceptors (Lipinski definition) is 6. The Hall–Kier alpha value is 0.0500. The smallest absolute Gasteiger partial charge is 0.240 e. The van der Waals surface area contributed by atoms with Crippen molar-refractivity contribution >= 4 is 29.4 Å². The molecule has 18 heavy (non-hydrogen) atoms. The molecule has 2 atom stereocenters. The summed E-state index contributed by atoms with van der Waals surface area (Å²) in [7, 11) is 0. The maximum atomic E-state index is 12.3. The van der Waals surface area contributed by atoms with E-state index < -0.39 is 6.41 Å². The van der Waals surface area contributed by atoms with Gasteiger partial charge in [-0.05, 0) is 25.4 Å². The number of aliphatic hydroxyl groups excluding tert-OH is 1. The van der Waals surface area contributed by atoms with Crippen LogP contribution < -0.4 is 5.32 Å². The molecule has 1 saturated heterocycles. The molecule has 1 aliphatic heterocycles. The van der Waals surface area contributed by atoms with E-state index in [0.29, 0.717) is 13.0 Å². The van der Waals surface area contributed by atoms with Gasteiger partial charge in [0.2, 0.25) is 12.3 Å². The average molecular weight is 294 g/mol. The normalized spacial score (nSPS) is 18.9. The summed E-state index contributed by atoms with van der Waals surface area (Å²) in [5.74, 6) is 2.69. The zero-order valence-corrected chi connectivity index (χ0v) is 12.6. The first-order chi connectivity index (χ1) is 8.69. The fourth-order valence-electron chi connectivity index (χ4n) is 1.70. The molecule has 0 aromatic heterocycles. The molecule has 1 heterocycles. The molecule has 5 nitrogen and oxygen atoms in total. The number of rotatable bonds is 8. The van der Waals surface area contributed by atoms with Crippen LogP contribution in [0, 0.1) is 0 Å². The summed E-state index contributed by atoms with van der Waals surface area (Å²) in [6.07, 6.45) is 1.64. The lowest BCUT2D eigenvalue weighted by Gasteiger charge is -2.25. The number of nitrogens with zero attached hydrogens (tertiary/aromatic N) is 1. The van der Waals surface area contributed by atoms with Crippen LogP contribution in [0.5, 0.6) is 0 Å². The maximum absolute atomic E-state index is 12.3. The fourth-order valence-corrected chi connectivity index (χ4v) is 3.13. The lowest BCUT2D eigenvalue weighted by molar-refractivity contribution is -0.145. The molecule has 2 N–H and O–H groups in total. The molecule has 2 unspecified atom stereocenters. The van der Waals surface area contributed by atoms with Crippen molar-refractivity contribution in [2.24, 2.45) is 0 Å². The van der Waals surface area contributed by atoms with E-state index in [1.165, 1.54) is 0 Å². The molecule has 0 bridgehead atoms. The molecule has 1 rings (SSSR count). The van der Waals surface area contributed by atoms with Crippen molar-refractivity contribution in [2.75, 3.05) is 36.8 Å². The van der Waals surface area contributed by atoms with Gasteiger partial charge < -0.3 is 14.7 Å². The predicted molar refractivity (Wildman–Crippen MR) is 76.6 cm³/mol. The van der Waals surface area contributed by atoms with Crippen molar-refractivity contribution in [3.05, 3.63) is 0 Å². The van der Waals surface area contributed by atoms with E-state index >= 15 is 0 Å². The van der Waals surface area contributed by atoms with Gasteiger partial charge in [0.25, 0.3) is 0 Å². The molecule has 0 spiro atoms. The Labute approximate surface area is 117 Å². The maximum Gasteiger partial charge on any atom is 0.240 e. The van der Waals surface area contributed by atoms with Crippen molar-refractivity contribution in [1.29, 1.82) is 0 Å². The third-order valence-corrected chi connectivity index (χ3v) is 4.25. The molecule has 1 fully saturated rings. The summed E-state index contributed by atoms with van der Waals surface area (Å²) in [4.78, 5) is 14.1. The first-order valence-corrected chi connectivity index (χ1v) is 8.65. The second-order valence-corrected chi connectivity index (χ2v) is 6.01. The molecule has 0 saturated carbocycles. The third-order valence-electron chi connectivity index (χ3n) is 2.64. The fraction of sp³-hybridized carbons (Fsp3) is 0.909. The SMILES string of the molecule is CCOC(O)NC(CCSC)C(=O)N1CCSC1. The van der Waals surface area contributed by atoms with E-state index in [1.54, 1.807) is 30.4 Å². The molecule has 106 valence electrons. The summed E-state index contributed by atoms with van der Waals surface area (Å²) in [6.45, 7) is 3.02. The van der Waals surface area contributed by atoms with E-state index in [4.69, 9.17) is 4.74 Å². The number of aliphatic hydroxyl groups is 1. The van der Waals surface area contributed by atoms with Gasteiger partial charge in [-0.3, -0.25) is 10.1 Å². The van der Waals surface area contributed by atoms with E-state index in [2.05, 4.69) is 5.32 Å². The van der Waals surface area contributed by atoms with Crippen molar-refractivity contribution in [3.8, 4) is 0 Å². The number of carbonyl (C=O) groups excluding carboxylic acids is 1. The van der Waals surface area contributed by atoms with Crippen LogP contribution in [0.25, 0.3) is 0 Å². The summed E-state index contributed by atoms with van der Waals surface area (Å²) in [5, 5.41) is 12.4. The van der Waals surface area contributed by atoms with Gasteiger partial charge in [-0.2, -0.15) is 11.8 Å². The van der Waals surface area contributed by atoms with Crippen LogP contribution in [0.3, 0.4) is 0 Å². The Balaban J connectivity index is 2.49. The molecule has 0 aromatic carbocycles. The number of thioether (sulfide) groups is 2. The van der Waals surface area contributed by atoms with Crippen LogP contribution in [0.15, 0.2) is 0 Å². The Morgan fingerprint density at radius 3 is 3.00 bits per heavy atom. The predicted octanol–water partition coefficient (Wildman–Crippen LogP) is 0.543. The minimum Gasteiger partial charge on any atom is -0.356 e. The number of ether oxygens (including phenoxy) is 1. The number of amides is 1. The second-order valence-electron chi connectivity index (χ2n) is 3.95. The van der Waals surface area contributed by atoms with Crippen LogP contribution >= 0.6 is 23.5 Å². The highest BCUT2D eigenvalue weighted by molar-refractivity contribution is 7.99. The molecule has 1 amide bonds. The third kappa shape index (κ3) is 5.36. The zero-order valence-electron chi connectivity index (χ0n) is 10.9. The molecule has 7 heteroatoms. The summed E-state index contributed by atoms with van der Waals surface area (Å²) in [6, 6.07) is -0.363. The van der Waals surface area contributed by atoms with Crippen LogP contribution in [-0.4, -0.2) is 65.2 Å². The summed E-state index contributed by atoms with van der Waals surface area (Å²) < 4.78 is 5.03. The van der Waals surface area contributed by atoms with Crippen molar-refractivity contribution in [2.45, 2.75) is 25.8 Å². The number of carbonyl (C=O) groups is 1. The average Bonchev–Trinajstić information content (AvgIpc) is 2.87. The lowest BCUT2D eigenvalue weighted by atomic mass is 10.2. The van der Waals surface area contributed by atoms with Gasteiger partial charge in [-0.1, -0.05) is 0 Å². The Morgan fingerprint density at radius 1 is 1.67 bits per heavy atom. The Kier molecular flexibility index (Phi) is 8.08. The molecule has 1 aliphatic rings. The van der Waals surface area contributed by atoms with Gasteiger partial charge in [0.15, 0.2) is 0 Å². The molecule has 0 radical (unpaired) electrons. The largest absolute Gasteiger partial charge is 0.356 e. The second kappa shape index (κ2) is 9.03. The first kappa shape index (κ1) is 16.1. The highest BCUT2D eigenvalue weighted by atomic mass is 32.2. The quantitative estimate of drug-likeness (QED) is 0.637. The van der Waals surface area contributed by atoms with Gasteiger partial charge in [0.05, 0.1) is 11.9 Å². The van der Waals surface area contributed by atoms with Gasteiger partial charge in [0, 0.05) is 18.9 Å². The van der Waals surface area contributed by atoms with Gasteiger partial charge in [-0.25, -0.2) is 0 Å². The number of hydrogen-bond donors (Lipinski definition) is 2. The van der Waals surface area contributed by atoms with Crippen molar-refractivity contribution in [3.63, 3.8) is 0 Å². The molecule has 0 aromatic rings. The molecule has 0 aliphatic carbocycles. The van der Waals surface area contributed by atoms with E-state index in [0.717, 1.165) is 23.9 Å². The monoisotopic (exact) mass is 294 g/mol. The topological polar surface area (TPSA) is 61.8 Å². The van der Waals surface area contributed by atoms with E-state index in [9.17, 15) is 9.90 Å². The standard InChI is InChI=1S/C11H22N2O3S2/c1-3-16-11(15)12-9(4-6-17-2)10(14)13-5-7-18-8-13/h9,11-12,15H,3-8H2,1-2H3. The van der Waals surface area contributed by atoms with E-state index in [-0.39, 0.29) is 11.9 Å². The van der Waals surface area contributed by atoms with E-state index in [1.807, 2.05) is 11.2 Å². The first-order valence-electron chi connectivity index (χ1n) is 6.10. The Bertz CT molecular complexity index is 250. The van der Waals surface area contributed by atoms with Crippen molar-refractivity contribution in [1.82, 2.24) is 10.2 Å². The van der Waals surface area contributed by atoms with Crippen LogP contribution in [0.2, 0.25) is 0 Å².